The Morgan fingerprint density at radius 1 is 1.19 bits per heavy atom. The van der Waals surface area contributed by atoms with E-state index in [1.54, 1.807) is 10.6 Å². The maximum Gasteiger partial charge on any atom is 0.319 e. The van der Waals surface area contributed by atoms with Gasteiger partial charge < -0.3 is 25.0 Å². The molecule has 3 amide bonds. The Labute approximate surface area is 218 Å². The number of benzene rings is 1. The van der Waals surface area contributed by atoms with E-state index in [0.717, 1.165) is 53.8 Å². The Morgan fingerprint density at radius 2 is 1.94 bits per heavy atom. The number of hydrogen-bond donors (Lipinski definition) is 3. The van der Waals surface area contributed by atoms with Crippen molar-refractivity contribution in [2.24, 2.45) is 7.05 Å². The van der Waals surface area contributed by atoms with E-state index < -0.39 is 0 Å². The monoisotopic (exact) mass is 551 g/mol. The third-order valence-electron chi connectivity index (χ3n) is 7.71. The van der Waals surface area contributed by atoms with Gasteiger partial charge in [0.25, 0.3) is 5.91 Å². The van der Waals surface area contributed by atoms with Crippen LogP contribution in [0.25, 0.3) is 0 Å². The second-order valence-electron chi connectivity index (χ2n) is 10.1. The number of nitrogens with one attached hydrogen (secondary N) is 3. The number of hydrogen-bond acceptors (Lipinski definition) is 4. The predicted molar refractivity (Wildman–Crippen MR) is 139 cm³/mol. The standard InChI is InChI=1S/C26H30BrN7O2/c1-32-14-18(27)13-21(32)24(35)29-23-19-15-34(26(9-10-26)22(19)30-31-23)25(36)28-20(16-33-11-5-6-12-33)17-7-3-2-4-8-17/h2-4,7-8,13-14,20H,5-6,9-12,15-16H2,1H3,(H,28,36)(H2,29,30,31,35). The Bertz CT molecular complexity index is 1290. The van der Waals surface area contributed by atoms with Crippen LogP contribution in [0.3, 0.4) is 0 Å². The molecule has 1 spiro atoms. The van der Waals surface area contributed by atoms with Crippen LogP contribution >= 0.6 is 15.9 Å². The van der Waals surface area contributed by atoms with Crippen LogP contribution in [0.15, 0.2) is 47.1 Å². The Morgan fingerprint density at radius 3 is 2.61 bits per heavy atom. The quantitative estimate of drug-likeness (QED) is 0.429. The zero-order chi connectivity index (χ0) is 24.9. The van der Waals surface area contributed by atoms with Crippen molar-refractivity contribution < 1.29 is 9.59 Å². The zero-order valence-corrected chi connectivity index (χ0v) is 21.8. The van der Waals surface area contributed by atoms with Gasteiger partial charge in [0.2, 0.25) is 0 Å². The van der Waals surface area contributed by atoms with Crippen molar-refractivity contribution in [3.05, 3.63) is 69.6 Å². The van der Waals surface area contributed by atoms with Gasteiger partial charge in [-0.1, -0.05) is 30.3 Å². The van der Waals surface area contributed by atoms with Gasteiger partial charge in [-0.15, -0.1) is 0 Å². The fourth-order valence-corrected chi connectivity index (χ4v) is 6.17. The number of carbonyl (C=O) groups excluding carboxylic acids is 2. The van der Waals surface area contributed by atoms with Gasteiger partial charge in [-0.3, -0.25) is 9.89 Å². The number of carbonyl (C=O) groups is 2. The molecule has 2 fully saturated rings. The van der Waals surface area contributed by atoms with E-state index in [0.29, 0.717) is 18.1 Å². The second kappa shape index (κ2) is 9.08. The number of halogens is 1. The predicted octanol–water partition coefficient (Wildman–Crippen LogP) is 4.11. The molecule has 1 saturated heterocycles. The van der Waals surface area contributed by atoms with Gasteiger partial charge in [0, 0.05) is 29.8 Å². The molecule has 9 nitrogen and oxygen atoms in total. The zero-order valence-electron chi connectivity index (χ0n) is 20.3. The molecule has 2 aliphatic heterocycles. The summed E-state index contributed by atoms with van der Waals surface area (Å²) in [4.78, 5) is 30.9. The fourth-order valence-electron chi connectivity index (χ4n) is 5.65. The maximum absolute atomic E-state index is 13.7. The first-order valence-electron chi connectivity index (χ1n) is 12.5. The van der Waals surface area contributed by atoms with Crippen LogP contribution in [0.5, 0.6) is 0 Å². The number of amides is 3. The molecule has 2 aromatic heterocycles. The molecule has 4 heterocycles. The van der Waals surface area contributed by atoms with E-state index in [1.807, 2.05) is 36.3 Å². The summed E-state index contributed by atoms with van der Waals surface area (Å²) in [5, 5.41) is 13.8. The lowest BCUT2D eigenvalue weighted by Gasteiger charge is -2.30. The van der Waals surface area contributed by atoms with Crippen LogP contribution in [0.1, 0.15) is 59.0 Å². The van der Waals surface area contributed by atoms with Gasteiger partial charge in [0.15, 0.2) is 5.82 Å². The van der Waals surface area contributed by atoms with E-state index in [4.69, 9.17) is 0 Å². The van der Waals surface area contributed by atoms with Crippen molar-refractivity contribution in [3.63, 3.8) is 0 Å². The lowest BCUT2D eigenvalue weighted by atomic mass is 10.1. The smallest absolute Gasteiger partial charge is 0.319 e. The van der Waals surface area contributed by atoms with E-state index in [1.165, 1.54) is 12.8 Å². The molecule has 1 saturated carbocycles. The van der Waals surface area contributed by atoms with Crippen molar-refractivity contribution >= 4 is 33.7 Å². The van der Waals surface area contributed by atoms with Gasteiger partial charge in [0.05, 0.1) is 23.8 Å². The summed E-state index contributed by atoms with van der Waals surface area (Å²) >= 11 is 3.41. The number of urea groups is 1. The molecule has 1 unspecified atom stereocenters. The van der Waals surface area contributed by atoms with Crippen molar-refractivity contribution in [1.82, 2.24) is 29.9 Å². The molecule has 1 aromatic carbocycles. The van der Waals surface area contributed by atoms with Crippen LogP contribution in [-0.2, 0) is 19.1 Å². The molecule has 3 aliphatic rings. The molecule has 0 radical (unpaired) electrons. The van der Waals surface area contributed by atoms with Crippen LogP contribution in [0.4, 0.5) is 10.6 Å². The lowest BCUT2D eigenvalue weighted by Crippen LogP contribution is -2.46. The molecule has 36 heavy (non-hydrogen) atoms. The van der Waals surface area contributed by atoms with Crippen molar-refractivity contribution in [3.8, 4) is 0 Å². The number of H-pyrrole nitrogens is 1. The lowest BCUT2D eigenvalue weighted by molar-refractivity contribution is 0.101. The minimum atomic E-state index is -0.363. The normalized spacial score (nSPS) is 18.9. The highest BCUT2D eigenvalue weighted by molar-refractivity contribution is 9.10. The van der Waals surface area contributed by atoms with Crippen molar-refractivity contribution in [2.45, 2.75) is 43.8 Å². The van der Waals surface area contributed by atoms with Crippen molar-refractivity contribution in [2.75, 3.05) is 25.0 Å². The number of aryl methyl sites for hydroxylation is 1. The minimum Gasteiger partial charge on any atom is -0.345 e. The Kier molecular flexibility index (Phi) is 5.88. The molecule has 0 bridgehead atoms. The highest BCUT2D eigenvalue weighted by atomic mass is 79.9. The van der Waals surface area contributed by atoms with Crippen LogP contribution < -0.4 is 10.6 Å². The summed E-state index contributed by atoms with van der Waals surface area (Å²) in [6, 6.07) is 11.8. The summed E-state index contributed by atoms with van der Waals surface area (Å²) in [6.45, 7) is 3.36. The third-order valence-corrected chi connectivity index (χ3v) is 8.14. The number of nitrogens with zero attached hydrogens (tertiary/aromatic N) is 4. The summed E-state index contributed by atoms with van der Waals surface area (Å²) < 4.78 is 2.60. The van der Waals surface area contributed by atoms with Gasteiger partial charge in [0.1, 0.15) is 5.69 Å². The number of aromatic amines is 1. The molecular weight excluding hydrogens is 522 g/mol. The number of fused-ring (bicyclic) bond motifs is 2. The summed E-state index contributed by atoms with van der Waals surface area (Å²) in [7, 11) is 1.82. The molecule has 1 aliphatic carbocycles. The van der Waals surface area contributed by atoms with Crippen LogP contribution in [0, 0.1) is 0 Å². The van der Waals surface area contributed by atoms with Gasteiger partial charge >= 0.3 is 6.03 Å². The minimum absolute atomic E-state index is 0.0752. The topological polar surface area (TPSA) is 98.3 Å². The average Bonchev–Trinajstić information content (AvgIpc) is 3.18. The van der Waals surface area contributed by atoms with Gasteiger partial charge in [-0.05, 0) is 66.3 Å². The first-order valence-corrected chi connectivity index (χ1v) is 13.3. The molecule has 3 aromatic rings. The fraction of sp³-hybridized carbons (Fsp3) is 0.423. The second-order valence-corrected chi connectivity index (χ2v) is 11.0. The number of rotatable bonds is 6. The highest BCUT2D eigenvalue weighted by Gasteiger charge is 2.59. The van der Waals surface area contributed by atoms with Crippen LogP contribution in [-0.4, -0.2) is 56.1 Å². The molecular formula is C26H30BrN7O2. The molecule has 10 heteroatoms. The molecule has 3 N–H and O–H groups in total. The average molecular weight is 552 g/mol. The Hall–Kier alpha value is -3.11. The first-order chi connectivity index (χ1) is 17.4. The molecule has 1 atom stereocenters. The summed E-state index contributed by atoms with van der Waals surface area (Å²) in [5.41, 5.74) is 3.11. The SMILES string of the molecule is Cn1cc(Br)cc1C(=O)Nc1n[nH]c2c1CN(C(=O)NC(CN1CCCC1)c1ccccc1)C21CC1. The third kappa shape index (κ3) is 4.12. The molecule has 188 valence electrons. The van der Waals surface area contributed by atoms with Gasteiger partial charge in [-0.25, -0.2) is 4.79 Å². The maximum atomic E-state index is 13.7. The van der Waals surface area contributed by atoms with E-state index in [9.17, 15) is 9.59 Å². The van der Waals surface area contributed by atoms with Crippen molar-refractivity contribution in [1.29, 1.82) is 0 Å². The Balaban J connectivity index is 1.20. The summed E-state index contributed by atoms with van der Waals surface area (Å²) in [5.74, 6) is 0.255. The molecule has 6 rings (SSSR count). The number of likely N-dealkylation sites (tertiary alicyclic amines) is 1. The summed E-state index contributed by atoms with van der Waals surface area (Å²) in [6.07, 6.45) is 6.02. The highest BCUT2D eigenvalue weighted by Crippen LogP contribution is 2.57. The largest absolute Gasteiger partial charge is 0.345 e. The first kappa shape index (κ1) is 23.3. The van der Waals surface area contributed by atoms with E-state index in [-0.39, 0.29) is 23.5 Å². The van der Waals surface area contributed by atoms with E-state index >= 15 is 0 Å². The number of aromatic nitrogens is 3. The number of anilines is 1. The van der Waals surface area contributed by atoms with Crippen LogP contribution in [0.2, 0.25) is 0 Å². The van der Waals surface area contributed by atoms with E-state index in [2.05, 4.69) is 53.8 Å². The van der Waals surface area contributed by atoms with Gasteiger partial charge in [-0.2, -0.15) is 5.10 Å².